The Labute approximate surface area is 148 Å². The van der Waals surface area contributed by atoms with E-state index in [1.54, 1.807) is 25.3 Å². The van der Waals surface area contributed by atoms with E-state index in [0.717, 1.165) is 0 Å². The van der Waals surface area contributed by atoms with Crippen molar-refractivity contribution in [2.24, 2.45) is 5.92 Å². The van der Waals surface area contributed by atoms with Gasteiger partial charge in [0.2, 0.25) is 5.91 Å². The van der Waals surface area contributed by atoms with Gasteiger partial charge in [-0.2, -0.15) is 0 Å². The van der Waals surface area contributed by atoms with Crippen molar-refractivity contribution in [2.45, 2.75) is 19.9 Å². The van der Waals surface area contributed by atoms with Crippen molar-refractivity contribution in [1.82, 2.24) is 5.32 Å². The normalized spacial score (nSPS) is 12.0. The van der Waals surface area contributed by atoms with E-state index < -0.39 is 0 Å². The monoisotopic (exact) mass is 346 g/mol. The van der Waals surface area contributed by atoms with Gasteiger partial charge in [-0.3, -0.25) is 4.79 Å². The summed E-state index contributed by atoms with van der Waals surface area (Å²) in [5.74, 6) is 0.800. The Morgan fingerprint density at radius 2 is 1.88 bits per heavy atom. The minimum absolute atomic E-state index is 0.109. The fraction of sp³-hybridized carbons (Fsp3) is 0.316. The highest BCUT2D eigenvalue weighted by molar-refractivity contribution is 6.31. The van der Waals surface area contributed by atoms with Crippen LogP contribution in [0.4, 0.5) is 5.69 Å². The topological polar surface area (TPSA) is 50.4 Å². The molecule has 0 radical (unpaired) electrons. The Hall–Kier alpha value is -2.04. The minimum atomic E-state index is -0.142. The van der Waals surface area contributed by atoms with E-state index in [9.17, 15) is 4.79 Å². The molecule has 2 aromatic carbocycles. The van der Waals surface area contributed by atoms with Crippen LogP contribution >= 0.6 is 11.6 Å². The molecule has 0 unspecified atom stereocenters. The van der Waals surface area contributed by atoms with Crippen molar-refractivity contribution < 1.29 is 9.53 Å². The summed E-state index contributed by atoms with van der Waals surface area (Å²) in [5, 5.41) is 6.70. The number of hydrogen-bond acceptors (Lipinski definition) is 3. The van der Waals surface area contributed by atoms with Crippen molar-refractivity contribution in [3.63, 3.8) is 0 Å². The van der Waals surface area contributed by atoms with Gasteiger partial charge < -0.3 is 15.4 Å². The van der Waals surface area contributed by atoms with Crippen molar-refractivity contribution in [2.75, 3.05) is 19.0 Å². The zero-order valence-electron chi connectivity index (χ0n) is 14.2. The summed E-state index contributed by atoms with van der Waals surface area (Å²) < 4.78 is 5.24. The van der Waals surface area contributed by atoms with Crippen LogP contribution < -0.4 is 15.4 Å². The largest absolute Gasteiger partial charge is 0.495 e. The van der Waals surface area contributed by atoms with Crippen molar-refractivity contribution >= 4 is 23.2 Å². The number of methoxy groups -OCH3 is 1. The first kappa shape index (κ1) is 18.3. The van der Waals surface area contributed by atoms with Crippen LogP contribution in [0.1, 0.15) is 25.5 Å². The van der Waals surface area contributed by atoms with Crippen LogP contribution in [-0.2, 0) is 4.79 Å². The molecular formula is C19H23ClN2O2. The second kappa shape index (κ2) is 8.71. The van der Waals surface area contributed by atoms with E-state index >= 15 is 0 Å². The molecule has 1 atom stereocenters. The van der Waals surface area contributed by atoms with E-state index in [4.69, 9.17) is 16.3 Å². The molecule has 0 aliphatic heterocycles. The third-order valence-electron chi connectivity index (χ3n) is 3.74. The Morgan fingerprint density at radius 3 is 2.50 bits per heavy atom. The van der Waals surface area contributed by atoms with Gasteiger partial charge in [-0.15, -0.1) is 0 Å². The van der Waals surface area contributed by atoms with Crippen LogP contribution in [0.25, 0.3) is 0 Å². The highest BCUT2D eigenvalue weighted by atomic mass is 35.5. The van der Waals surface area contributed by atoms with Crippen LogP contribution in [0.2, 0.25) is 5.02 Å². The van der Waals surface area contributed by atoms with Gasteiger partial charge in [0, 0.05) is 11.1 Å². The van der Waals surface area contributed by atoms with Gasteiger partial charge in [0.05, 0.1) is 19.3 Å². The van der Waals surface area contributed by atoms with Crippen LogP contribution in [0, 0.1) is 5.92 Å². The first-order chi connectivity index (χ1) is 11.5. The lowest BCUT2D eigenvalue weighted by Gasteiger charge is -2.23. The number of halogens is 1. The molecule has 0 aliphatic carbocycles. The van der Waals surface area contributed by atoms with Crippen LogP contribution in [0.15, 0.2) is 48.5 Å². The average molecular weight is 347 g/mol. The molecule has 0 aliphatic rings. The lowest BCUT2D eigenvalue weighted by Crippen LogP contribution is -2.33. The standard InChI is InChI=1S/C19H23ClN2O2/c1-13(2)19(14-7-5-4-6-8-14)21-12-18(23)22-16-11-15(20)9-10-17(16)24-3/h4-11,13,19,21H,12H2,1-3H3,(H,22,23)/t19-/m1/s1. The van der Waals surface area contributed by atoms with Gasteiger partial charge in [0.15, 0.2) is 0 Å². The van der Waals surface area contributed by atoms with Crippen LogP contribution in [-0.4, -0.2) is 19.6 Å². The maximum Gasteiger partial charge on any atom is 0.238 e. The quantitative estimate of drug-likeness (QED) is 0.787. The molecule has 1 amide bonds. The minimum Gasteiger partial charge on any atom is -0.495 e. The number of amides is 1. The molecule has 128 valence electrons. The van der Waals surface area contributed by atoms with E-state index in [0.29, 0.717) is 22.4 Å². The third kappa shape index (κ3) is 4.98. The number of carbonyl (C=O) groups is 1. The number of rotatable bonds is 7. The highest BCUT2D eigenvalue weighted by Gasteiger charge is 2.16. The summed E-state index contributed by atoms with van der Waals surface area (Å²) in [4.78, 5) is 12.3. The molecule has 0 spiro atoms. The van der Waals surface area contributed by atoms with Crippen molar-refractivity contribution in [1.29, 1.82) is 0 Å². The van der Waals surface area contributed by atoms with Crippen molar-refractivity contribution in [3.8, 4) is 5.75 Å². The van der Waals surface area contributed by atoms with Gasteiger partial charge >= 0.3 is 0 Å². The fourth-order valence-electron chi connectivity index (χ4n) is 2.57. The summed E-state index contributed by atoms with van der Waals surface area (Å²) in [7, 11) is 1.56. The summed E-state index contributed by atoms with van der Waals surface area (Å²) in [6, 6.07) is 15.4. The van der Waals surface area contributed by atoms with Crippen molar-refractivity contribution in [3.05, 3.63) is 59.1 Å². The second-order valence-corrected chi connectivity index (χ2v) is 6.34. The molecular weight excluding hydrogens is 324 g/mol. The maximum absolute atomic E-state index is 12.3. The maximum atomic E-state index is 12.3. The number of carbonyl (C=O) groups excluding carboxylic acids is 1. The predicted molar refractivity (Wildman–Crippen MR) is 98.7 cm³/mol. The SMILES string of the molecule is COc1ccc(Cl)cc1NC(=O)CN[C@@H](c1ccccc1)C(C)C. The summed E-state index contributed by atoms with van der Waals surface area (Å²) >= 11 is 5.98. The molecule has 2 aromatic rings. The Morgan fingerprint density at radius 1 is 1.17 bits per heavy atom. The first-order valence-electron chi connectivity index (χ1n) is 7.93. The fourth-order valence-corrected chi connectivity index (χ4v) is 2.75. The Kier molecular flexibility index (Phi) is 6.64. The Bertz CT molecular complexity index is 674. The van der Waals surface area contributed by atoms with Gasteiger partial charge in [-0.1, -0.05) is 55.8 Å². The molecule has 0 saturated carbocycles. The average Bonchev–Trinajstić information content (AvgIpc) is 2.56. The molecule has 5 heteroatoms. The van der Waals surface area contributed by atoms with Gasteiger partial charge in [0.1, 0.15) is 5.75 Å². The Balaban J connectivity index is 2.00. The number of benzene rings is 2. The van der Waals surface area contributed by atoms with E-state index in [1.807, 2.05) is 18.2 Å². The highest BCUT2D eigenvalue weighted by Crippen LogP contribution is 2.27. The molecule has 0 bridgehead atoms. The van der Waals surface area contributed by atoms with E-state index in [-0.39, 0.29) is 18.5 Å². The molecule has 4 nitrogen and oxygen atoms in total. The molecule has 0 aromatic heterocycles. The third-order valence-corrected chi connectivity index (χ3v) is 3.98. The lowest BCUT2D eigenvalue weighted by molar-refractivity contribution is -0.115. The van der Waals surface area contributed by atoms with E-state index in [1.165, 1.54) is 5.56 Å². The number of nitrogens with one attached hydrogen (secondary N) is 2. The zero-order valence-corrected chi connectivity index (χ0v) is 14.9. The number of ether oxygens (including phenoxy) is 1. The predicted octanol–water partition coefficient (Wildman–Crippen LogP) is 4.27. The lowest BCUT2D eigenvalue weighted by atomic mass is 9.96. The summed E-state index contributed by atoms with van der Waals surface area (Å²) in [5.41, 5.74) is 1.73. The molecule has 2 rings (SSSR count). The molecule has 2 N–H and O–H groups in total. The first-order valence-corrected chi connectivity index (χ1v) is 8.30. The van der Waals surface area contributed by atoms with Gasteiger partial charge in [-0.05, 0) is 29.7 Å². The summed E-state index contributed by atoms with van der Waals surface area (Å²) in [6.07, 6.45) is 0. The smallest absolute Gasteiger partial charge is 0.238 e. The van der Waals surface area contributed by atoms with E-state index in [2.05, 4.69) is 36.6 Å². The number of anilines is 1. The van der Waals surface area contributed by atoms with Crippen LogP contribution in [0.3, 0.4) is 0 Å². The molecule has 24 heavy (non-hydrogen) atoms. The number of hydrogen-bond donors (Lipinski definition) is 2. The summed E-state index contributed by atoms with van der Waals surface area (Å²) in [6.45, 7) is 4.46. The second-order valence-electron chi connectivity index (χ2n) is 5.91. The van der Waals surface area contributed by atoms with Crippen LogP contribution in [0.5, 0.6) is 5.75 Å². The molecule has 0 fully saturated rings. The van der Waals surface area contributed by atoms with Gasteiger partial charge in [-0.25, -0.2) is 0 Å². The zero-order chi connectivity index (χ0) is 17.5. The molecule has 0 heterocycles. The molecule has 0 saturated heterocycles. The van der Waals surface area contributed by atoms with Gasteiger partial charge in [0.25, 0.3) is 0 Å².